The van der Waals surface area contributed by atoms with Gasteiger partial charge in [-0.15, -0.1) is 0 Å². The van der Waals surface area contributed by atoms with Gasteiger partial charge in [-0.3, -0.25) is 0 Å². The Kier molecular flexibility index (Phi) is 13.3. The maximum absolute atomic E-state index is 13.3. The third kappa shape index (κ3) is 13.0. The summed E-state index contributed by atoms with van der Waals surface area (Å²) in [5, 5.41) is 6.27. The highest BCUT2D eigenvalue weighted by Crippen LogP contribution is 2.48. The Morgan fingerprint density at radius 2 is 1.19 bits per heavy atom. The van der Waals surface area contributed by atoms with E-state index in [0.717, 1.165) is 19.3 Å². The van der Waals surface area contributed by atoms with Gasteiger partial charge in [-0.25, -0.2) is 19.2 Å². The molecule has 1 aliphatic rings. The standard InChI is InChI=1S/C33H58N4O6/c1-23(2)26(38)42-16-14-36(30(5,6)7)28(40)34-20-25-18-32(11,12)21-33(13,19-25)22-35-29(41)37(31(8,9)10)15-17-43-27(39)24(3)4/h25H,1,3,14-22H2,2,4-13H3,(H,34,40)(H,35,41). The molecule has 10 nitrogen and oxygen atoms in total. The van der Waals surface area contributed by atoms with Crippen LogP contribution >= 0.6 is 0 Å². The van der Waals surface area contributed by atoms with E-state index >= 15 is 0 Å². The van der Waals surface area contributed by atoms with Crippen molar-refractivity contribution in [1.29, 1.82) is 0 Å². The zero-order valence-corrected chi connectivity index (χ0v) is 28.7. The van der Waals surface area contributed by atoms with Gasteiger partial charge in [0.1, 0.15) is 13.2 Å². The molecule has 0 aliphatic heterocycles. The third-order valence-electron chi connectivity index (χ3n) is 7.64. The number of nitrogens with one attached hydrogen (secondary N) is 2. The summed E-state index contributed by atoms with van der Waals surface area (Å²) in [6.07, 6.45) is 2.72. The first kappa shape index (κ1) is 38.0. The molecule has 43 heavy (non-hydrogen) atoms. The molecule has 0 aromatic carbocycles. The first-order valence-electron chi connectivity index (χ1n) is 15.2. The number of rotatable bonds is 12. The Morgan fingerprint density at radius 1 is 0.767 bits per heavy atom. The van der Waals surface area contributed by atoms with Gasteiger partial charge in [-0.2, -0.15) is 0 Å². The number of carbonyl (C=O) groups is 4. The van der Waals surface area contributed by atoms with Crippen molar-refractivity contribution in [3.8, 4) is 0 Å². The molecule has 4 amide bonds. The second-order valence-corrected chi connectivity index (χ2v) is 15.2. The molecular weight excluding hydrogens is 548 g/mol. The lowest BCUT2D eigenvalue weighted by Gasteiger charge is -2.47. The average Bonchev–Trinajstić information content (AvgIpc) is 2.83. The highest BCUT2D eigenvalue weighted by atomic mass is 16.5. The topological polar surface area (TPSA) is 117 Å². The smallest absolute Gasteiger partial charge is 0.333 e. The van der Waals surface area contributed by atoms with Crippen LogP contribution < -0.4 is 10.6 Å². The normalized spacial score (nSPS) is 19.9. The SMILES string of the molecule is C=C(C)C(=O)OCCN(C(=O)NCC1CC(C)(C)CC(C)(CNC(=O)N(CCOC(=O)C(=C)C)C(C)(C)C)C1)C(C)(C)C. The number of hydrogen-bond donors (Lipinski definition) is 2. The molecule has 1 fully saturated rings. The fraction of sp³-hybridized carbons (Fsp3) is 0.758. The summed E-state index contributed by atoms with van der Waals surface area (Å²) in [7, 11) is 0. The number of hydrogen-bond acceptors (Lipinski definition) is 6. The third-order valence-corrected chi connectivity index (χ3v) is 7.64. The summed E-state index contributed by atoms with van der Waals surface area (Å²) in [6.45, 7) is 30.4. The number of esters is 2. The van der Waals surface area contributed by atoms with Crippen LogP contribution in [0.1, 0.15) is 95.4 Å². The molecule has 0 spiro atoms. The molecule has 1 aliphatic carbocycles. The van der Waals surface area contributed by atoms with Gasteiger partial charge in [-0.1, -0.05) is 33.9 Å². The summed E-state index contributed by atoms with van der Waals surface area (Å²) >= 11 is 0. The Morgan fingerprint density at radius 3 is 1.58 bits per heavy atom. The fourth-order valence-electron chi connectivity index (χ4n) is 6.03. The lowest BCUT2D eigenvalue weighted by Crippen LogP contribution is -2.55. The Balaban J connectivity index is 2.86. The maximum atomic E-state index is 13.3. The van der Waals surface area contributed by atoms with Crippen molar-refractivity contribution < 1.29 is 28.7 Å². The average molecular weight is 607 g/mol. The summed E-state index contributed by atoms with van der Waals surface area (Å²) in [5.74, 6) is -0.721. The van der Waals surface area contributed by atoms with Crippen molar-refractivity contribution in [1.82, 2.24) is 20.4 Å². The molecule has 1 saturated carbocycles. The number of amides is 4. The van der Waals surface area contributed by atoms with E-state index in [-0.39, 0.29) is 55.1 Å². The Bertz CT molecular complexity index is 1040. The molecule has 0 bridgehead atoms. The van der Waals surface area contributed by atoms with Crippen LogP contribution in [0.3, 0.4) is 0 Å². The quantitative estimate of drug-likeness (QED) is 0.218. The predicted molar refractivity (Wildman–Crippen MR) is 170 cm³/mol. The van der Waals surface area contributed by atoms with E-state index in [1.807, 2.05) is 41.5 Å². The second-order valence-electron chi connectivity index (χ2n) is 15.2. The molecule has 0 aromatic heterocycles. The van der Waals surface area contributed by atoms with E-state index in [4.69, 9.17) is 9.47 Å². The van der Waals surface area contributed by atoms with Gasteiger partial charge in [0.15, 0.2) is 0 Å². The molecule has 0 aromatic rings. The van der Waals surface area contributed by atoms with Gasteiger partial charge >= 0.3 is 24.0 Å². The zero-order valence-electron chi connectivity index (χ0n) is 28.7. The molecule has 0 radical (unpaired) electrons. The van der Waals surface area contributed by atoms with Crippen LogP contribution in [0.4, 0.5) is 9.59 Å². The predicted octanol–water partition coefficient (Wildman–Crippen LogP) is 5.68. The van der Waals surface area contributed by atoms with Crippen LogP contribution in [0, 0.1) is 16.7 Å². The molecule has 1 rings (SSSR count). The van der Waals surface area contributed by atoms with Crippen LogP contribution in [0.25, 0.3) is 0 Å². The lowest BCUT2D eigenvalue weighted by molar-refractivity contribution is -0.140. The summed E-state index contributed by atoms with van der Waals surface area (Å²) in [6, 6.07) is -0.410. The van der Waals surface area contributed by atoms with Crippen LogP contribution in [0.2, 0.25) is 0 Å². The summed E-state index contributed by atoms with van der Waals surface area (Å²) in [5.41, 5.74) is -0.452. The summed E-state index contributed by atoms with van der Waals surface area (Å²) < 4.78 is 10.5. The highest BCUT2D eigenvalue weighted by Gasteiger charge is 2.42. The fourth-order valence-corrected chi connectivity index (χ4v) is 6.03. The zero-order chi connectivity index (χ0) is 33.4. The molecular formula is C33H58N4O6. The highest BCUT2D eigenvalue weighted by molar-refractivity contribution is 5.87. The second kappa shape index (κ2) is 15.1. The van der Waals surface area contributed by atoms with Crippen LogP contribution in [0.15, 0.2) is 24.3 Å². The molecule has 0 saturated heterocycles. The monoisotopic (exact) mass is 606 g/mol. The molecule has 2 atom stereocenters. The molecule has 2 unspecified atom stereocenters. The van der Waals surface area contributed by atoms with Crippen LogP contribution in [-0.4, -0.2) is 84.3 Å². The van der Waals surface area contributed by atoms with Crippen molar-refractivity contribution in [3.63, 3.8) is 0 Å². The van der Waals surface area contributed by atoms with Crippen molar-refractivity contribution in [2.75, 3.05) is 39.4 Å². The van der Waals surface area contributed by atoms with E-state index < -0.39 is 23.0 Å². The van der Waals surface area contributed by atoms with E-state index in [2.05, 4.69) is 44.6 Å². The van der Waals surface area contributed by atoms with Gasteiger partial charge in [-0.05, 0) is 91.4 Å². The number of ether oxygens (including phenoxy) is 2. The lowest BCUT2D eigenvalue weighted by atomic mass is 9.60. The molecule has 10 heteroatoms. The minimum Gasteiger partial charge on any atom is -0.460 e. The van der Waals surface area contributed by atoms with Gasteiger partial charge in [0.2, 0.25) is 0 Å². The maximum Gasteiger partial charge on any atom is 0.333 e. The Labute approximate surface area is 260 Å². The van der Waals surface area contributed by atoms with E-state index in [9.17, 15) is 19.2 Å². The first-order chi connectivity index (χ1) is 19.5. The Hall–Kier alpha value is -3.04. The van der Waals surface area contributed by atoms with Gasteiger partial charge in [0, 0.05) is 35.3 Å². The molecule has 246 valence electrons. The van der Waals surface area contributed by atoms with Gasteiger partial charge in [0.25, 0.3) is 0 Å². The van der Waals surface area contributed by atoms with Crippen LogP contribution in [-0.2, 0) is 19.1 Å². The van der Waals surface area contributed by atoms with Crippen molar-refractivity contribution in [3.05, 3.63) is 24.3 Å². The van der Waals surface area contributed by atoms with Gasteiger partial charge in [0.05, 0.1) is 13.1 Å². The van der Waals surface area contributed by atoms with E-state index in [1.165, 1.54) is 0 Å². The molecule has 2 N–H and O–H groups in total. The number of carbonyl (C=O) groups excluding carboxylic acids is 4. The largest absolute Gasteiger partial charge is 0.460 e. The van der Waals surface area contributed by atoms with Crippen molar-refractivity contribution >= 4 is 24.0 Å². The first-order valence-corrected chi connectivity index (χ1v) is 15.2. The van der Waals surface area contributed by atoms with Crippen molar-refractivity contribution in [2.45, 2.75) is 107 Å². The number of urea groups is 2. The minimum absolute atomic E-state index is 0.0219. The minimum atomic E-state index is -0.471. The van der Waals surface area contributed by atoms with Crippen LogP contribution in [0.5, 0.6) is 0 Å². The van der Waals surface area contributed by atoms with E-state index in [1.54, 1.807) is 23.6 Å². The summed E-state index contributed by atoms with van der Waals surface area (Å²) in [4.78, 5) is 53.5. The van der Waals surface area contributed by atoms with E-state index in [0.29, 0.717) is 24.2 Å². The number of nitrogens with zero attached hydrogens (tertiary/aromatic N) is 2. The molecule has 0 heterocycles. The van der Waals surface area contributed by atoms with Gasteiger partial charge < -0.3 is 29.9 Å². The van der Waals surface area contributed by atoms with Crippen molar-refractivity contribution in [2.24, 2.45) is 16.7 Å².